The van der Waals surface area contributed by atoms with E-state index in [-0.39, 0.29) is 11.2 Å². The molecule has 0 saturated heterocycles. The van der Waals surface area contributed by atoms with Crippen molar-refractivity contribution in [3.63, 3.8) is 0 Å². The summed E-state index contributed by atoms with van der Waals surface area (Å²) >= 11 is 2.99. The molecule has 1 rings (SSSR count). The number of para-hydroxylation sites is 2. The van der Waals surface area contributed by atoms with E-state index in [1.165, 1.54) is 6.92 Å². The predicted molar refractivity (Wildman–Crippen MR) is 60.2 cm³/mol. The molecule has 0 aliphatic carbocycles. The lowest BCUT2D eigenvalue weighted by Gasteiger charge is -2.08. The average Bonchev–Trinajstić information content (AvgIpc) is 2.20. The second-order valence-corrected chi connectivity index (χ2v) is 3.35. The second kappa shape index (κ2) is 5.50. The Labute approximate surface area is 95.7 Å². The maximum atomic E-state index is 11.0. The molecule has 0 fully saturated rings. The Morgan fingerprint density at radius 1 is 1.40 bits per heavy atom. The van der Waals surface area contributed by atoms with Gasteiger partial charge in [-0.2, -0.15) is 0 Å². The first kappa shape index (κ1) is 11.7. The van der Waals surface area contributed by atoms with Crippen molar-refractivity contribution in [3.05, 3.63) is 24.3 Å². The molecule has 1 aromatic rings. The van der Waals surface area contributed by atoms with Gasteiger partial charge < -0.3 is 10.1 Å². The van der Waals surface area contributed by atoms with Gasteiger partial charge in [0.2, 0.25) is 5.91 Å². The van der Waals surface area contributed by atoms with Crippen LogP contribution in [0.3, 0.4) is 0 Å². The van der Waals surface area contributed by atoms with E-state index < -0.39 is 5.97 Å². The minimum Gasteiger partial charge on any atom is -0.424 e. The third-order valence-electron chi connectivity index (χ3n) is 1.53. The summed E-state index contributed by atoms with van der Waals surface area (Å²) in [6, 6.07) is 6.75. The van der Waals surface area contributed by atoms with Crippen LogP contribution in [0.1, 0.15) is 6.92 Å². The summed E-state index contributed by atoms with van der Waals surface area (Å²) in [5, 5.41) is 2.68. The van der Waals surface area contributed by atoms with Crippen LogP contribution in [0.15, 0.2) is 24.3 Å². The number of carbonyl (C=O) groups excluding carboxylic acids is 2. The number of alkyl halides is 1. The van der Waals surface area contributed by atoms with Crippen LogP contribution in [0.2, 0.25) is 0 Å². The smallest absolute Gasteiger partial charge is 0.322 e. The van der Waals surface area contributed by atoms with Crippen LogP contribution in [0.4, 0.5) is 5.69 Å². The van der Waals surface area contributed by atoms with Crippen LogP contribution in [0, 0.1) is 0 Å². The molecular formula is C10H10BrNO3. The fourth-order valence-corrected chi connectivity index (χ4v) is 1.11. The van der Waals surface area contributed by atoms with Gasteiger partial charge in [0.25, 0.3) is 0 Å². The van der Waals surface area contributed by atoms with Gasteiger partial charge in [0.15, 0.2) is 5.75 Å². The summed E-state index contributed by atoms with van der Waals surface area (Å²) in [7, 11) is 0. The Balaban J connectivity index is 2.85. The maximum absolute atomic E-state index is 11.0. The monoisotopic (exact) mass is 271 g/mol. The van der Waals surface area contributed by atoms with Gasteiger partial charge in [0, 0.05) is 6.92 Å². The van der Waals surface area contributed by atoms with E-state index in [0.29, 0.717) is 11.4 Å². The van der Waals surface area contributed by atoms with E-state index in [0.717, 1.165) is 0 Å². The lowest BCUT2D eigenvalue weighted by Crippen LogP contribution is -2.12. The topological polar surface area (TPSA) is 55.4 Å². The molecule has 1 aromatic carbocycles. The molecule has 4 nitrogen and oxygen atoms in total. The molecule has 0 bridgehead atoms. The van der Waals surface area contributed by atoms with Crippen molar-refractivity contribution in [1.82, 2.24) is 0 Å². The normalized spacial score (nSPS) is 9.47. The summed E-state index contributed by atoms with van der Waals surface area (Å²) in [4.78, 5) is 21.9. The zero-order chi connectivity index (χ0) is 11.3. The highest BCUT2D eigenvalue weighted by Crippen LogP contribution is 2.23. The van der Waals surface area contributed by atoms with Crippen molar-refractivity contribution >= 4 is 33.5 Å². The van der Waals surface area contributed by atoms with E-state index in [9.17, 15) is 9.59 Å². The minimum atomic E-state index is -0.409. The van der Waals surface area contributed by atoms with Gasteiger partial charge in [-0.3, -0.25) is 9.59 Å². The molecule has 0 atom stereocenters. The second-order valence-electron chi connectivity index (χ2n) is 2.79. The quantitative estimate of drug-likeness (QED) is 0.519. The highest BCUT2D eigenvalue weighted by molar-refractivity contribution is 9.09. The van der Waals surface area contributed by atoms with E-state index in [2.05, 4.69) is 21.2 Å². The molecule has 0 heterocycles. The van der Waals surface area contributed by atoms with Gasteiger partial charge >= 0.3 is 5.97 Å². The number of ether oxygens (including phenoxy) is 1. The summed E-state index contributed by atoms with van der Waals surface area (Å²) in [5.74, 6) is -0.276. The first-order valence-electron chi connectivity index (χ1n) is 4.26. The van der Waals surface area contributed by atoms with Gasteiger partial charge in [-0.15, -0.1) is 0 Å². The van der Waals surface area contributed by atoms with Gasteiger partial charge in [0.1, 0.15) is 5.33 Å². The van der Waals surface area contributed by atoms with E-state index in [1.807, 2.05) is 0 Å². The molecule has 0 aliphatic heterocycles. The Morgan fingerprint density at radius 3 is 2.67 bits per heavy atom. The number of esters is 1. The SMILES string of the molecule is CC(=O)Nc1ccccc1OC(=O)CBr. The Hall–Kier alpha value is -1.36. The van der Waals surface area contributed by atoms with Crippen LogP contribution in [0.25, 0.3) is 0 Å². The van der Waals surface area contributed by atoms with Crippen LogP contribution in [-0.2, 0) is 9.59 Å². The van der Waals surface area contributed by atoms with Gasteiger partial charge in [-0.1, -0.05) is 28.1 Å². The molecule has 0 aromatic heterocycles. The largest absolute Gasteiger partial charge is 0.424 e. The molecule has 0 spiro atoms. The average molecular weight is 272 g/mol. The number of hydrogen-bond acceptors (Lipinski definition) is 3. The predicted octanol–water partition coefficient (Wildman–Crippen LogP) is 1.95. The van der Waals surface area contributed by atoms with Crippen molar-refractivity contribution in [2.24, 2.45) is 0 Å². The Bertz CT molecular complexity index is 379. The summed E-state index contributed by atoms with van der Waals surface area (Å²) in [5.41, 5.74) is 0.485. The zero-order valence-electron chi connectivity index (χ0n) is 8.12. The lowest BCUT2D eigenvalue weighted by atomic mass is 10.3. The third-order valence-corrected chi connectivity index (χ3v) is 1.99. The van der Waals surface area contributed by atoms with Crippen LogP contribution in [0.5, 0.6) is 5.75 Å². The lowest BCUT2D eigenvalue weighted by molar-refractivity contribution is -0.131. The van der Waals surface area contributed by atoms with E-state index in [4.69, 9.17) is 4.74 Å². The number of carbonyl (C=O) groups is 2. The van der Waals surface area contributed by atoms with E-state index in [1.54, 1.807) is 24.3 Å². The molecule has 1 amide bonds. The van der Waals surface area contributed by atoms with Crippen LogP contribution < -0.4 is 10.1 Å². The van der Waals surface area contributed by atoms with Crippen molar-refractivity contribution < 1.29 is 14.3 Å². The molecule has 0 radical (unpaired) electrons. The first-order chi connectivity index (χ1) is 7.13. The Morgan fingerprint density at radius 2 is 2.07 bits per heavy atom. The van der Waals surface area contributed by atoms with Gasteiger partial charge in [0.05, 0.1) is 5.69 Å². The van der Waals surface area contributed by atoms with Crippen molar-refractivity contribution in [2.45, 2.75) is 6.92 Å². The number of rotatable bonds is 3. The zero-order valence-corrected chi connectivity index (χ0v) is 9.71. The molecular weight excluding hydrogens is 262 g/mol. The fraction of sp³-hybridized carbons (Fsp3) is 0.200. The van der Waals surface area contributed by atoms with E-state index >= 15 is 0 Å². The van der Waals surface area contributed by atoms with Crippen LogP contribution >= 0.6 is 15.9 Å². The number of amides is 1. The van der Waals surface area contributed by atoms with Crippen molar-refractivity contribution in [1.29, 1.82) is 0 Å². The number of nitrogens with one attached hydrogen (secondary N) is 1. The summed E-state index contributed by atoms with van der Waals surface area (Å²) in [6.45, 7) is 1.39. The number of hydrogen-bond donors (Lipinski definition) is 1. The summed E-state index contributed by atoms with van der Waals surface area (Å²) in [6.07, 6.45) is 0. The number of halogens is 1. The minimum absolute atomic E-state index is 0.113. The standard InChI is InChI=1S/C10H10BrNO3/c1-7(13)12-8-4-2-3-5-9(8)15-10(14)6-11/h2-5H,6H2,1H3,(H,12,13). The molecule has 0 saturated carbocycles. The number of benzene rings is 1. The van der Waals surface area contributed by atoms with Crippen molar-refractivity contribution in [3.8, 4) is 5.75 Å². The molecule has 80 valence electrons. The highest BCUT2D eigenvalue weighted by atomic mass is 79.9. The molecule has 15 heavy (non-hydrogen) atoms. The molecule has 1 N–H and O–H groups in total. The highest BCUT2D eigenvalue weighted by Gasteiger charge is 2.08. The fourth-order valence-electron chi connectivity index (χ4n) is 0.998. The first-order valence-corrected chi connectivity index (χ1v) is 5.39. The number of anilines is 1. The Kier molecular flexibility index (Phi) is 4.30. The molecule has 0 unspecified atom stereocenters. The third kappa shape index (κ3) is 3.71. The maximum Gasteiger partial charge on any atom is 0.322 e. The van der Waals surface area contributed by atoms with Gasteiger partial charge in [-0.05, 0) is 12.1 Å². The van der Waals surface area contributed by atoms with Crippen LogP contribution in [-0.4, -0.2) is 17.2 Å². The molecule has 0 aliphatic rings. The van der Waals surface area contributed by atoms with Crippen molar-refractivity contribution in [2.75, 3.05) is 10.6 Å². The molecule has 5 heteroatoms. The van der Waals surface area contributed by atoms with Gasteiger partial charge in [-0.25, -0.2) is 0 Å². The summed E-state index contributed by atoms with van der Waals surface area (Å²) < 4.78 is 5.00.